The summed E-state index contributed by atoms with van der Waals surface area (Å²) in [6, 6.07) is 91.3. The highest BCUT2D eigenvalue weighted by Crippen LogP contribution is 2.60. The Balaban J connectivity index is 1.15. The van der Waals surface area contributed by atoms with E-state index in [0.717, 1.165) is 0 Å². The van der Waals surface area contributed by atoms with Gasteiger partial charge in [-0.2, -0.15) is 0 Å². The van der Waals surface area contributed by atoms with Crippen molar-refractivity contribution in [1.29, 1.82) is 0 Å². The Kier molecular flexibility index (Phi) is 8.85. The van der Waals surface area contributed by atoms with Gasteiger partial charge in [0.05, 0.1) is 10.8 Å². The van der Waals surface area contributed by atoms with Crippen LogP contribution >= 0.6 is 0 Å². The molecule has 0 aromatic heterocycles. The smallest absolute Gasteiger partial charge is 0.0622 e. The molecule has 302 valence electrons. The molecule has 0 N–H and O–H groups in total. The predicted molar refractivity (Wildman–Crippen MR) is 267 cm³/mol. The van der Waals surface area contributed by atoms with E-state index in [9.17, 15) is 0 Å². The zero-order valence-corrected chi connectivity index (χ0v) is 36.1. The zero-order valence-electron chi connectivity index (χ0n) is 36.1. The van der Waals surface area contributed by atoms with Crippen LogP contribution in [0, 0.1) is 13.8 Å². The fourth-order valence-corrected chi connectivity index (χ4v) is 11.4. The molecular weight excluding hydrogens is 769 g/mol. The predicted octanol–water partition coefficient (Wildman–Crippen LogP) is 16.0. The van der Waals surface area contributed by atoms with Gasteiger partial charge in [0.2, 0.25) is 0 Å². The maximum atomic E-state index is 2.53. The van der Waals surface area contributed by atoms with Gasteiger partial charge < -0.3 is 0 Å². The Hall–Kier alpha value is -7.80. The number of hydrogen-bond acceptors (Lipinski definition) is 0. The van der Waals surface area contributed by atoms with E-state index >= 15 is 0 Å². The molecule has 0 saturated carbocycles. The Labute approximate surface area is 376 Å². The van der Waals surface area contributed by atoms with Crippen LogP contribution in [0.3, 0.4) is 0 Å². The van der Waals surface area contributed by atoms with Gasteiger partial charge in [0.1, 0.15) is 0 Å². The van der Waals surface area contributed by atoms with Crippen molar-refractivity contribution in [1.82, 2.24) is 0 Å². The Morgan fingerprint density at radius 2 is 0.656 bits per heavy atom. The van der Waals surface area contributed by atoms with Crippen molar-refractivity contribution >= 4 is 0 Å². The number of aryl methyl sites for hydroxylation is 2. The number of hydrogen-bond donors (Lipinski definition) is 0. The standard InChI is InChI=1S/C64H46/c1-43-32-36-45(37-33-43)52-28-17-31-60-62(52)54-27-13-15-30-59(54)64(60,50-23-10-5-11-24-50)51-25-16-18-47(40-51)55-41-57-53-26-12-14-29-58(53)63(48-19-6-3-7-20-48,49-21-8-4-9-22-49)61(57)42-56(55)46-38-34-44(2)35-39-46/h3-42H,1-2H3. The van der Waals surface area contributed by atoms with E-state index in [-0.39, 0.29) is 0 Å². The van der Waals surface area contributed by atoms with Crippen molar-refractivity contribution in [2.75, 3.05) is 0 Å². The van der Waals surface area contributed by atoms with Crippen LogP contribution in [0.1, 0.15) is 55.6 Å². The van der Waals surface area contributed by atoms with Crippen molar-refractivity contribution in [3.63, 3.8) is 0 Å². The van der Waals surface area contributed by atoms with E-state index in [1.165, 1.54) is 111 Å². The summed E-state index contributed by atoms with van der Waals surface area (Å²) in [5, 5.41) is 0. The van der Waals surface area contributed by atoms with Gasteiger partial charge in [-0.05, 0) is 132 Å². The first-order valence-corrected chi connectivity index (χ1v) is 22.5. The summed E-state index contributed by atoms with van der Waals surface area (Å²) >= 11 is 0. The second-order valence-corrected chi connectivity index (χ2v) is 17.7. The summed E-state index contributed by atoms with van der Waals surface area (Å²) < 4.78 is 0. The summed E-state index contributed by atoms with van der Waals surface area (Å²) in [5.41, 5.74) is 24.2. The second kappa shape index (κ2) is 14.9. The van der Waals surface area contributed by atoms with Crippen LogP contribution < -0.4 is 0 Å². The third-order valence-corrected chi connectivity index (χ3v) is 14.2. The molecule has 64 heavy (non-hydrogen) atoms. The van der Waals surface area contributed by atoms with Gasteiger partial charge in [0.25, 0.3) is 0 Å². The summed E-state index contributed by atoms with van der Waals surface area (Å²) in [6.45, 7) is 4.34. The lowest BCUT2D eigenvalue weighted by atomic mass is 9.66. The van der Waals surface area contributed by atoms with E-state index in [4.69, 9.17) is 0 Å². The molecule has 1 atom stereocenters. The highest BCUT2D eigenvalue weighted by molar-refractivity contribution is 5.97. The molecule has 0 saturated heterocycles. The molecule has 0 bridgehead atoms. The van der Waals surface area contributed by atoms with Crippen molar-refractivity contribution in [3.8, 4) is 55.6 Å². The minimum atomic E-state index is -0.562. The van der Waals surface area contributed by atoms with Gasteiger partial charge >= 0.3 is 0 Å². The van der Waals surface area contributed by atoms with Gasteiger partial charge in [-0.15, -0.1) is 0 Å². The molecular formula is C64H46. The molecule has 0 heteroatoms. The fourth-order valence-electron chi connectivity index (χ4n) is 11.4. The monoisotopic (exact) mass is 814 g/mol. The number of rotatable bonds is 7. The largest absolute Gasteiger partial charge is 0.0714 e. The third kappa shape index (κ3) is 5.55. The lowest BCUT2D eigenvalue weighted by molar-refractivity contribution is 0.768. The Bertz CT molecular complexity index is 3320. The molecule has 0 nitrogen and oxygen atoms in total. The van der Waals surface area contributed by atoms with E-state index in [2.05, 4.69) is 257 Å². The maximum absolute atomic E-state index is 2.53. The van der Waals surface area contributed by atoms with Gasteiger partial charge in [0.15, 0.2) is 0 Å². The molecule has 10 aromatic rings. The Morgan fingerprint density at radius 3 is 1.25 bits per heavy atom. The van der Waals surface area contributed by atoms with E-state index < -0.39 is 10.8 Å². The minimum absolute atomic E-state index is 0.502. The van der Waals surface area contributed by atoms with Crippen molar-refractivity contribution in [2.24, 2.45) is 0 Å². The average Bonchev–Trinajstić information content (AvgIpc) is 3.83. The van der Waals surface area contributed by atoms with Gasteiger partial charge in [-0.1, -0.05) is 236 Å². The molecule has 0 spiro atoms. The van der Waals surface area contributed by atoms with Gasteiger partial charge in [0, 0.05) is 0 Å². The first-order chi connectivity index (χ1) is 31.6. The molecule has 0 fully saturated rings. The van der Waals surface area contributed by atoms with Crippen LogP contribution in [0.15, 0.2) is 243 Å². The number of benzene rings is 10. The van der Waals surface area contributed by atoms with Crippen LogP contribution in [-0.2, 0) is 10.8 Å². The quantitative estimate of drug-likeness (QED) is 0.150. The molecule has 10 aromatic carbocycles. The summed E-state index contributed by atoms with van der Waals surface area (Å²) in [4.78, 5) is 0. The molecule has 2 aliphatic rings. The highest BCUT2D eigenvalue weighted by Gasteiger charge is 2.48. The summed E-state index contributed by atoms with van der Waals surface area (Å²) in [5.74, 6) is 0. The second-order valence-electron chi connectivity index (χ2n) is 17.7. The van der Waals surface area contributed by atoms with Gasteiger partial charge in [-0.3, -0.25) is 0 Å². The molecule has 2 aliphatic carbocycles. The zero-order chi connectivity index (χ0) is 42.8. The van der Waals surface area contributed by atoms with Crippen molar-refractivity contribution < 1.29 is 0 Å². The van der Waals surface area contributed by atoms with Crippen LogP contribution in [0.25, 0.3) is 55.6 Å². The molecule has 0 radical (unpaired) electrons. The topological polar surface area (TPSA) is 0 Å². The van der Waals surface area contributed by atoms with Crippen LogP contribution in [0.4, 0.5) is 0 Å². The maximum Gasteiger partial charge on any atom is 0.0714 e. The normalized spacial score (nSPS) is 15.2. The minimum Gasteiger partial charge on any atom is -0.0622 e. The van der Waals surface area contributed by atoms with E-state index in [1.807, 2.05) is 0 Å². The van der Waals surface area contributed by atoms with Crippen LogP contribution in [0.2, 0.25) is 0 Å². The van der Waals surface area contributed by atoms with E-state index in [0.29, 0.717) is 0 Å². The summed E-state index contributed by atoms with van der Waals surface area (Å²) in [6.07, 6.45) is 0. The van der Waals surface area contributed by atoms with Crippen molar-refractivity contribution in [3.05, 3.63) is 298 Å². The van der Waals surface area contributed by atoms with E-state index in [1.54, 1.807) is 0 Å². The molecule has 0 heterocycles. The van der Waals surface area contributed by atoms with Crippen LogP contribution in [-0.4, -0.2) is 0 Å². The Morgan fingerprint density at radius 1 is 0.234 bits per heavy atom. The average molecular weight is 815 g/mol. The lowest BCUT2D eigenvalue weighted by Gasteiger charge is -2.35. The molecule has 12 rings (SSSR count). The lowest BCUT2D eigenvalue weighted by Crippen LogP contribution is -2.28. The third-order valence-electron chi connectivity index (χ3n) is 14.2. The fraction of sp³-hybridized carbons (Fsp3) is 0.0625. The number of fused-ring (bicyclic) bond motifs is 6. The SMILES string of the molecule is Cc1ccc(-c2cc3c(cc2-c2cccc(C4(c5ccccc5)c5ccccc5-c5c(-c6ccc(C)cc6)cccc54)c2)-c2ccccc2C3(c2ccccc2)c2ccccc2)cc1. The summed E-state index contributed by atoms with van der Waals surface area (Å²) in [7, 11) is 0. The highest BCUT2D eigenvalue weighted by atomic mass is 14.5. The first-order valence-electron chi connectivity index (χ1n) is 22.5. The van der Waals surface area contributed by atoms with Gasteiger partial charge in [-0.25, -0.2) is 0 Å². The molecule has 1 unspecified atom stereocenters. The van der Waals surface area contributed by atoms with Crippen LogP contribution in [0.5, 0.6) is 0 Å². The van der Waals surface area contributed by atoms with Crippen molar-refractivity contribution in [2.45, 2.75) is 24.7 Å². The molecule has 0 amide bonds. The first kappa shape index (κ1) is 37.9. The molecule has 0 aliphatic heterocycles.